The lowest BCUT2D eigenvalue weighted by Gasteiger charge is -2.14. The maximum absolute atomic E-state index is 11.0. The van der Waals surface area contributed by atoms with Crippen molar-refractivity contribution in [1.82, 2.24) is 9.88 Å². The molecule has 4 heteroatoms. The van der Waals surface area contributed by atoms with Crippen molar-refractivity contribution in [3.63, 3.8) is 0 Å². The first-order valence-corrected chi connectivity index (χ1v) is 6.14. The molecule has 1 unspecified atom stereocenters. The highest BCUT2D eigenvalue weighted by Crippen LogP contribution is 2.07. The minimum atomic E-state index is -0.250. The van der Waals surface area contributed by atoms with Crippen molar-refractivity contribution < 1.29 is 4.79 Å². The molecule has 4 nitrogen and oxygen atoms in total. The van der Waals surface area contributed by atoms with Crippen molar-refractivity contribution in [1.29, 1.82) is 0 Å². The maximum Gasteiger partial charge on any atom is 0.222 e. The SMILES string of the molecule is CC(C)CNCc1cccn1CC(C)C(N)=O. The molecule has 0 aliphatic heterocycles. The number of rotatable bonds is 7. The summed E-state index contributed by atoms with van der Waals surface area (Å²) in [6.07, 6.45) is 1.99. The third-order valence-electron chi connectivity index (χ3n) is 2.74. The van der Waals surface area contributed by atoms with Gasteiger partial charge in [0.15, 0.2) is 0 Å². The van der Waals surface area contributed by atoms with Crippen LogP contribution in [0.25, 0.3) is 0 Å². The standard InChI is InChI=1S/C13H23N3O/c1-10(2)7-15-8-12-5-4-6-16(12)9-11(3)13(14)17/h4-6,10-11,15H,7-9H2,1-3H3,(H2,14,17). The summed E-state index contributed by atoms with van der Waals surface area (Å²) in [6, 6.07) is 4.07. The van der Waals surface area contributed by atoms with E-state index in [2.05, 4.69) is 29.8 Å². The van der Waals surface area contributed by atoms with Gasteiger partial charge in [0.1, 0.15) is 0 Å². The zero-order valence-corrected chi connectivity index (χ0v) is 10.9. The molecule has 1 heterocycles. The lowest BCUT2D eigenvalue weighted by atomic mass is 10.1. The summed E-state index contributed by atoms with van der Waals surface area (Å²) in [6.45, 7) is 8.70. The van der Waals surface area contributed by atoms with E-state index in [4.69, 9.17) is 5.73 Å². The van der Waals surface area contributed by atoms with Crippen LogP contribution in [0.2, 0.25) is 0 Å². The number of hydrogen-bond acceptors (Lipinski definition) is 2. The topological polar surface area (TPSA) is 60.1 Å². The Balaban J connectivity index is 2.51. The van der Waals surface area contributed by atoms with Gasteiger partial charge >= 0.3 is 0 Å². The molecule has 96 valence electrons. The molecular weight excluding hydrogens is 214 g/mol. The molecule has 0 aliphatic rings. The van der Waals surface area contributed by atoms with Crippen molar-refractivity contribution in [2.24, 2.45) is 17.6 Å². The Kier molecular flexibility index (Phi) is 5.22. The molecule has 0 bridgehead atoms. The van der Waals surface area contributed by atoms with Crippen LogP contribution in [0.1, 0.15) is 26.5 Å². The van der Waals surface area contributed by atoms with E-state index in [0.29, 0.717) is 12.5 Å². The minimum absolute atomic E-state index is 0.133. The van der Waals surface area contributed by atoms with E-state index < -0.39 is 0 Å². The zero-order chi connectivity index (χ0) is 12.8. The molecule has 0 saturated carbocycles. The third-order valence-corrected chi connectivity index (χ3v) is 2.74. The molecule has 1 aromatic heterocycles. The fourth-order valence-corrected chi connectivity index (χ4v) is 1.66. The zero-order valence-electron chi connectivity index (χ0n) is 10.9. The largest absolute Gasteiger partial charge is 0.369 e. The van der Waals surface area contributed by atoms with Crippen LogP contribution in [-0.2, 0) is 17.9 Å². The van der Waals surface area contributed by atoms with E-state index in [1.807, 2.05) is 19.2 Å². The molecule has 0 aromatic carbocycles. The van der Waals surface area contributed by atoms with Crippen molar-refractivity contribution >= 4 is 5.91 Å². The number of nitrogens with two attached hydrogens (primary N) is 1. The maximum atomic E-state index is 11.0. The van der Waals surface area contributed by atoms with Crippen LogP contribution in [0.5, 0.6) is 0 Å². The van der Waals surface area contributed by atoms with Crippen molar-refractivity contribution in [3.8, 4) is 0 Å². The van der Waals surface area contributed by atoms with Gasteiger partial charge in [-0.3, -0.25) is 4.79 Å². The van der Waals surface area contributed by atoms with Crippen molar-refractivity contribution in [2.45, 2.75) is 33.9 Å². The fourth-order valence-electron chi connectivity index (χ4n) is 1.66. The average Bonchev–Trinajstić information content (AvgIpc) is 2.65. The monoisotopic (exact) mass is 237 g/mol. The van der Waals surface area contributed by atoms with E-state index in [0.717, 1.165) is 13.1 Å². The summed E-state index contributed by atoms with van der Waals surface area (Å²) in [5, 5.41) is 3.39. The second kappa shape index (κ2) is 6.45. The van der Waals surface area contributed by atoms with E-state index in [-0.39, 0.29) is 11.8 Å². The summed E-state index contributed by atoms with van der Waals surface area (Å²) in [4.78, 5) is 11.0. The molecule has 3 N–H and O–H groups in total. The molecule has 0 fully saturated rings. The molecule has 0 spiro atoms. The molecule has 0 aliphatic carbocycles. The van der Waals surface area contributed by atoms with Gasteiger partial charge in [-0.25, -0.2) is 0 Å². The van der Waals surface area contributed by atoms with Crippen LogP contribution in [0.15, 0.2) is 18.3 Å². The van der Waals surface area contributed by atoms with E-state index in [9.17, 15) is 4.79 Å². The number of nitrogens with zero attached hydrogens (tertiary/aromatic N) is 1. The molecule has 1 aromatic rings. The van der Waals surface area contributed by atoms with Gasteiger partial charge in [0, 0.05) is 25.0 Å². The smallest absolute Gasteiger partial charge is 0.222 e. The van der Waals surface area contributed by atoms with Gasteiger partial charge in [0.25, 0.3) is 0 Å². The van der Waals surface area contributed by atoms with Gasteiger partial charge in [-0.2, -0.15) is 0 Å². The number of carbonyl (C=O) groups excluding carboxylic acids is 1. The van der Waals surface area contributed by atoms with Crippen LogP contribution >= 0.6 is 0 Å². The van der Waals surface area contributed by atoms with Gasteiger partial charge in [-0.15, -0.1) is 0 Å². The average molecular weight is 237 g/mol. The van der Waals surface area contributed by atoms with Crippen LogP contribution in [-0.4, -0.2) is 17.0 Å². The first-order valence-electron chi connectivity index (χ1n) is 6.14. The number of nitrogens with one attached hydrogen (secondary N) is 1. The summed E-state index contributed by atoms with van der Waals surface area (Å²) in [5.74, 6) is 0.258. The van der Waals surface area contributed by atoms with Crippen molar-refractivity contribution in [2.75, 3.05) is 6.54 Å². The summed E-state index contributed by atoms with van der Waals surface area (Å²) in [7, 11) is 0. The van der Waals surface area contributed by atoms with Crippen LogP contribution in [0.4, 0.5) is 0 Å². The molecule has 1 rings (SSSR count). The Morgan fingerprint density at radius 2 is 2.18 bits per heavy atom. The highest BCUT2D eigenvalue weighted by Gasteiger charge is 2.10. The highest BCUT2D eigenvalue weighted by atomic mass is 16.1. The number of aromatic nitrogens is 1. The van der Waals surface area contributed by atoms with E-state index in [1.165, 1.54) is 5.69 Å². The predicted molar refractivity (Wildman–Crippen MR) is 69.3 cm³/mol. The van der Waals surface area contributed by atoms with Gasteiger partial charge in [0.2, 0.25) is 5.91 Å². The van der Waals surface area contributed by atoms with Gasteiger partial charge in [-0.05, 0) is 24.6 Å². The predicted octanol–water partition coefficient (Wildman–Crippen LogP) is 1.36. The molecule has 17 heavy (non-hydrogen) atoms. The van der Waals surface area contributed by atoms with Gasteiger partial charge in [-0.1, -0.05) is 20.8 Å². The van der Waals surface area contributed by atoms with Gasteiger partial charge < -0.3 is 15.6 Å². The summed E-state index contributed by atoms with van der Waals surface area (Å²) in [5.41, 5.74) is 6.47. The summed E-state index contributed by atoms with van der Waals surface area (Å²) < 4.78 is 2.09. The molecular formula is C13H23N3O. The molecule has 1 amide bonds. The molecule has 1 atom stereocenters. The van der Waals surface area contributed by atoms with Crippen LogP contribution < -0.4 is 11.1 Å². The second-order valence-electron chi connectivity index (χ2n) is 4.98. The lowest BCUT2D eigenvalue weighted by Crippen LogP contribution is -2.26. The third kappa shape index (κ3) is 4.61. The Bertz CT molecular complexity index is 357. The van der Waals surface area contributed by atoms with E-state index in [1.54, 1.807) is 0 Å². The Hall–Kier alpha value is -1.29. The molecule has 0 saturated heterocycles. The number of amides is 1. The number of carbonyl (C=O) groups is 1. The number of primary amides is 1. The first kappa shape index (κ1) is 13.8. The van der Waals surface area contributed by atoms with Gasteiger partial charge in [0.05, 0.1) is 5.92 Å². The highest BCUT2D eigenvalue weighted by molar-refractivity contribution is 5.76. The van der Waals surface area contributed by atoms with Crippen LogP contribution in [0, 0.1) is 11.8 Å². The quantitative estimate of drug-likeness (QED) is 0.752. The number of hydrogen-bond donors (Lipinski definition) is 2. The normalized spacial score (nSPS) is 12.9. The lowest BCUT2D eigenvalue weighted by molar-refractivity contribution is -0.121. The van der Waals surface area contributed by atoms with Crippen LogP contribution in [0.3, 0.4) is 0 Å². The van der Waals surface area contributed by atoms with Crippen molar-refractivity contribution in [3.05, 3.63) is 24.0 Å². The Morgan fingerprint density at radius 1 is 1.47 bits per heavy atom. The fraction of sp³-hybridized carbons (Fsp3) is 0.615. The first-order chi connectivity index (χ1) is 8.00. The minimum Gasteiger partial charge on any atom is -0.369 e. The Morgan fingerprint density at radius 3 is 2.76 bits per heavy atom. The second-order valence-corrected chi connectivity index (χ2v) is 4.98. The molecule has 0 radical (unpaired) electrons. The summed E-state index contributed by atoms with van der Waals surface area (Å²) >= 11 is 0. The Labute approximate surface area is 103 Å². The van der Waals surface area contributed by atoms with E-state index >= 15 is 0 Å².